The first-order chi connectivity index (χ1) is 10.1. The average molecular weight is 307 g/mol. The molecule has 0 saturated heterocycles. The monoisotopic (exact) mass is 307 g/mol. The number of carbonyl (C=O) groups is 1. The number of hydrogen-bond donors (Lipinski definition) is 1. The van der Waals surface area contributed by atoms with E-state index >= 15 is 0 Å². The second-order valence-electron chi connectivity index (χ2n) is 5.38. The fourth-order valence-electron chi connectivity index (χ4n) is 1.86. The van der Waals surface area contributed by atoms with Crippen LogP contribution >= 0.6 is 11.3 Å². The minimum absolute atomic E-state index is 0.0335. The van der Waals surface area contributed by atoms with Crippen LogP contribution in [-0.4, -0.2) is 32.2 Å². The molecule has 7 heteroatoms. The third-order valence-electron chi connectivity index (χ3n) is 3.17. The average Bonchev–Trinajstić information content (AvgIpc) is 3.09. The van der Waals surface area contributed by atoms with Gasteiger partial charge in [0.15, 0.2) is 0 Å². The van der Waals surface area contributed by atoms with Crippen LogP contribution in [0.2, 0.25) is 0 Å². The molecule has 6 nitrogen and oxygen atoms in total. The molecule has 21 heavy (non-hydrogen) atoms. The fraction of sp³-hybridized carbons (Fsp3) is 0.571. The van der Waals surface area contributed by atoms with E-state index < -0.39 is 0 Å². The molecular formula is C14H21N5OS. The third-order valence-corrected chi connectivity index (χ3v) is 4.10. The van der Waals surface area contributed by atoms with E-state index in [4.69, 9.17) is 0 Å². The minimum atomic E-state index is -0.130. The van der Waals surface area contributed by atoms with Gasteiger partial charge in [0.2, 0.25) is 5.91 Å². The SMILES string of the molecule is CC(C)c1csc(CCNC(=O)[C@@H](C)Cn2cncn2)n1. The Bertz CT molecular complexity index is 564. The summed E-state index contributed by atoms with van der Waals surface area (Å²) in [6.07, 6.45) is 3.87. The number of hydrogen-bond acceptors (Lipinski definition) is 5. The number of amides is 1. The number of nitrogens with one attached hydrogen (secondary N) is 1. The predicted molar refractivity (Wildman–Crippen MR) is 82.1 cm³/mol. The molecule has 0 aliphatic carbocycles. The standard InChI is InChI=1S/C14H21N5OS/c1-10(2)12-7-21-13(18-12)4-5-16-14(20)11(3)6-19-9-15-8-17-19/h7-11H,4-6H2,1-3H3,(H,16,20)/t11-/m0/s1. The maximum absolute atomic E-state index is 12.0. The van der Waals surface area contributed by atoms with Crippen molar-refractivity contribution in [3.63, 3.8) is 0 Å². The topological polar surface area (TPSA) is 72.7 Å². The van der Waals surface area contributed by atoms with E-state index in [1.165, 1.54) is 6.33 Å². The highest BCUT2D eigenvalue weighted by atomic mass is 32.1. The van der Waals surface area contributed by atoms with Crippen molar-refractivity contribution in [2.75, 3.05) is 6.54 Å². The van der Waals surface area contributed by atoms with Crippen molar-refractivity contribution in [3.8, 4) is 0 Å². The summed E-state index contributed by atoms with van der Waals surface area (Å²) in [5.41, 5.74) is 1.13. The van der Waals surface area contributed by atoms with Gasteiger partial charge in [-0.25, -0.2) is 9.97 Å². The Morgan fingerprint density at radius 2 is 2.24 bits per heavy atom. The normalized spacial score (nSPS) is 12.6. The largest absolute Gasteiger partial charge is 0.355 e. The van der Waals surface area contributed by atoms with Crippen molar-refractivity contribution in [3.05, 3.63) is 28.7 Å². The molecule has 0 aromatic carbocycles. The van der Waals surface area contributed by atoms with E-state index in [0.717, 1.165) is 17.1 Å². The molecular weight excluding hydrogens is 286 g/mol. The Morgan fingerprint density at radius 1 is 1.43 bits per heavy atom. The fourth-order valence-corrected chi connectivity index (χ4v) is 2.82. The van der Waals surface area contributed by atoms with Crippen LogP contribution < -0.4 is 5.32 Å². The summed E-state index contributed by atoms with van der Waals surface area (Å²) in [4.78, 5) is 20.4. The van der Waals surface area contributed by atoms with Gasteiger partial charge in [-0.05, 0) is 5.92 Å². The summed E-state index contributed by atoms with van der Waals surface area (Å²) in [7, 11) is 0. The molecule has 2 heterocycles. The summed E-state index contributed by atoms with van der Waals surface area (Å²) in [6, 6.07) is 0. The zero-order chi connectivity index (χ0) is 15.2. The molecule has 0 spiro atoms. The zero-order valence-corrected chi connectivity index (χ0v) is 13.4. The van der Waals surface area contributed by atoms with E-state index in [9.17, 15) is 4.79 Å². The second-order valence-corrected chi connectivity index (χ2v) is 6.32. The summed E-state index contributed by atoms with van der Waals surface area (Å²) in [6.45, 7) is 7.31. The molecule has 1 N–H and O–H groups in total. The van der Waals surface area contributed by atoms with Crippen molar-refractivity contribution < 1.29 is 4.79 Å². The van der Waals surface area contributed by atoms with Crippen LogP contribution in [0.25, 0.3) is 0 Å². The molecule has 0 bridgehead atoms. The van der Waals surface area contributed by atoms with Crippen molar-refractivity contribution in [1.82, 2.24) is 25.1 Å². The molecule has 1 amide bonds. The second kappa shape index (κ2) is 7.31. The van der Waals surface area contributed by atoms with E-state index in [2.05, 4.69) is 39.6 Å². The molecule has 2 aromatic heterocycles. The summed E-state index contributed by atoms with van der Waals surface area (Å²) < 4.78 is 1.67. The Balaban J connectivity index is 1.73. The van der Waals surface area contributed by atoms with Crippen molar-refractivity contribution in [2.45, 2.75) is 39.7 Å². The molecule has 114 valence electrons. The molecule has 1 atom stereocenters. The Morgan fingerprint density at radius 3 is 2.86 bits per heavy atom. The molecule has 0 unspecified atom stereocenters. The first-order valence-electron chi connectivity index (χ1n) is 7.10. The van der Waals surface area contributed by atoms with Gasteiger partial charge in [0, 0.05) is 18.3 Å². The number of rotatable bonds is 7. The smallest absolute Gasteiger partial charge is 0.224 e. The van der Waals surface area contributed by atoms with Crippen LogP contribution in [0.3, 0.4) is 0 Å². The lowest BCUT2D eigenvalue weighted by molar-refractivity contribution is -0.124. The highest BCUT2D eigenvalue weighted by Crippen LogP contribution is 2.17. The Kier molecular flexibility index (Phi) is 5.44. The molecule has 0 saturated carbocycles. The maximum Gasteiger partial charge on any atom is 0.224 e. The van der Waals surface area contributed by atoms with Gasteiger partial charge in [0.25, 0.3) is 0 Å². The first kappa shape index (κ1) is 15.6. The number of aromatic nitrogens is 4. The van der Waals surface area contributed by atoms with E-state index in [1.807, 2.05) is 6.92 Å². The molecule has 2 aromatic rings. The van der Waals surface area contributed by atoms with Crippen molar-refractivity contribution >= 4 is 17.2 Å². The highest BCUT2D eigenvalue weighted by Gasteiger charge is 2.13. The zero-order valence-electron chi connectivity index (χ0n) is 12.6. The number of carbonyl (C=O) groups excluding carboxylic acids is 1. The van der Waals surface area contributed by atoms with Crippen LogP contribution in [0.5, 0.6) is 0 Å². The van der Waals surface area contributed by atoms with Crippen molar-refractivity contribution in [2.24, 2.45) is 5.92 Å². The van der Waals surface area contributed by atoms with Crippen LogP contribution in [0.1, 0.15) is 37.4 Å². The Hall–Kier alpha value is -1.76. The molecule has 0 aliphatic rings. The maximum atomic E-state index is 12.0. The Labute approximate surface area is 128 Å². The van der Waals surface area contributed by atoms with E-state index in [1.54, 1.807) is 22.3 Å². The van der Waals surface area contributed by atoms with Crippen LogP contribution in [0, 0.1) is 5.92 Å². The lowest BCUT2D eigenvalue weighted by Crippen LogP contribution is -2.33. The highest BCUT2D eigenvalue weighted by molar-refractivity contribution is 7.09. The van der Waals surface area contributed by atoms with Gasteiger partial charge in [-0.15, -0.1) is 11.3 Å². The van der Waals surface area contributed by atoms with Gasteiger partial charge in [-0.3, -0.25) is 9.48 Å². The summed E-state index contributed by atoms with van der Waals surface area (Å²) in [5, 5.41) is 10.1. The first-order valence-corrected chi connectivity index (χ1v) is 7.98. The molecule has 0 fully saturated rings. The van der Waals surface area contributed by atoms with Crippen LogP contribution in [0.4, 0.5) is 0 Å². The lowest BCUT2D eigenvalue weighted by atomic mass is 10.1. The lowest BCUT2D eigenvalue weighted by Gasteiger charge is -2.11. The number of nitrogens with zero attached hydrogens (tertiary/aromatic N) is 4. The van der Waals surface area contributed by atoms with Crippen molar-refractivity contribution in [1.29, 1.82) is 0 Å². The predicted octanol–water partition coefficient (Wildman–Crippen LogP) is 1.85. The van der Waals surface area contributed by atoms with Crippen LogP contribution in [-0.2, 0) is 17.8 Å². The van der Waals surface area contributed by atoms with Gasteiger partial charge < -0.3 is 5.32 Å². The molecule has 0 aliphatic heterocycles. The quantitative estimate of drug-likeness (QED) is 0.847. The number of thiazole rings is 1. The minimum Gasteiger partial charge on any atom is -0.355 e. The van der Waals surface area contributed by atoms with E-state index in [0.29, 0.717) is 19.0 Å². The molecule has 2 rings (SSSR count). The summed E-state index contributed by atoms with van der Waals surface area (Å²) >= 11 is 1.66. The van der Waals surface area contributed by atoms with E-state index in [-0.39, 0.29) is 11.8 Å². The van der Waals surface area contributed by atoms with Crippen LogP contribution in [0.15, 0.2) is 18.0 Å². The summed E-state index contributed by atoms with van der Waals surface area (Å²) in [5.74, 6) is 0.354. The third kappa shape index (κ3) is 4.63. The van der Waals surface area contributed by atoms with Gasteiger partial charge >= 0.3 is 0 Å². The van der Waals surface area contributed by atoms with Gasteiger partial charge in [-0.2, -0.15) is 5.10 Å². The molecule has 0 radical (unpaired) electrons. The van der Waals surface area contributed by atoms with Gasteiger partial charge in [0.05, 0.1) is 23.2 Å². The van der Waals surface area contributed by atoms with Gasteiger partial charge in [0.1, 0.15) is 12.7 Å². The van der Waals surface area contributed by atoms with Gasteiger partial charge in [-0.1, -0.05) is 20.8 Å².